The summed E-state index contributed by atoms with van der Waals surface area (Å²) in [5.74, 6) is -0.263. The molecule has 4 rings (SSSR count). The number of hydrogen-bond donors (Lipinski definition) is 1. The van der Waals surface area contributed by atoms with Crippen LogP contribution in [0.5, 0.6) is 17.2 Å². The molecular formula is C19H13ClN2O6. The number of amides is 4. The summed E-state index contributed by atoms with van der Waals surface area (Å²) in [4.78, 5) is 38.3. The van der Waals surface area contributed by atoms with Crippen molar-refractivity contribution in [3.8, 4) is 17.2 Å². The van der Waals surface area contributed by atoms with E-state index < -0.39 is 17.8 Å². The van der Waals surface area contributed by atoms with Crippen molar-refractivity contribution in [2.75, 3.05) is 18.8 Å². The molecule has 142 valence electrons. The summed E-state index contributed by atoms with van der Waals surface area (Å²) in [6.45, 7) is 0.0645. The molecule has 28 heavy (non-hydrogen) atoms. The summed E-state index contributed by atoms with van der Waals surface area (Å²) >= 11 is 5.95. The first kappa shape index (κ1) is 17.9. The van der Waals surface area contributed by atoms with Crippen molar-refractivity contribution in [3.05, 3.63) is 52.6 Å². The Bertz CT molecular complexity index is 1050. The summed E-state index contributed by atoms with van der Waals surface area (Å²) in [5, 5.41) is 2.50. The fraction of sp³-hybridized carbons (Fsp3) is 0.105. The zero-order valence-corrected chi connectivity index (χ0v) is 15.3. The molecule has 9 heteroatoms. The van der Waals surface area contributed by atoms with Crippen molar-refractivity contribution in [2.45, 2.75) is 0 Å². The Morgan fingerprint density at radius 1 is 1.14 bits per heavy atom. The number of urea groups is 1. The van der Waals surface area contributed by atoms with E-state index in [1.807, 2.05) is 0 Å². The topological polar surface area (TPSA) is 94.2 Å². The number of hydrogen-bond acceptors (Lipinski definition) is 6. The molecule has 2 heterocycles. The van der Waals surface area contributed by atoms with Crippen LogP contribution < -0.4 is 24.4 Å². The lowest BCUT2D eigenvalue weighted by atomic mass is 10.1. The smallest absolute Gasteiger partial charge is 0.335 e. The molecule has 0 saturated carbocycles. The van der Waals surface area contributed by atoms with E-state index in [2.05, 4.69) is 5.32 Å². The van der Waals surface area contributed by atoms with Crippen LogP contribution in [0, 0.1) is 0 Å². The number of anilines is 1. The molecule has 8 nitrogen and oxygen atoms in total. The van der Waals surface area contributed by atoms with Gasteiger partial charge in [-0.3, -0.25) is 14.9 Å². The largest absolute Gasteiger partial charge is 0.496 e. The van der Waals surface area contributed by atoms with Crippen LogP contribution >= 0.6 is 11.6 Å². The molecule has 0 bridgehead atoms. The molecule has 0 radical (unpaired) electrons. The van der Waals surface area contributed by atoms with Crippen LogP contribution in [0.2, 0.25) is 5.02 Å². The van der Waals surface area contributed by atoms with Gasteiger partial charge in [-0.05, 0) is 30.3 Å². The van der Waals surface area contributed by atoms with E-state index in [9.17, 15) is 14.4 Å². The molecule has 2 aromatic carbocycles. The Labute approximate surface area is 164 Å². The molecule has 0 spiro atoms. The number of methoxy groups -OCH3 is 1. The third-order valence-corrected chi connectivity index (χ3v) is 4.43. The van der Waals surface area contributed by atoms with Gasteiger partial charge >= 0.3 is 6.03 Å². The molecule has 1 fully saturated rings. The molecular weight excluding hydrogens is 388 g/mol. The molecule has 4 amide bonds. The Hall–Kier alpha value is -3.52. The highest BCUT2D eigenvalue weighted by molar-refractivity contribution is 6.39. The molecule has 0 aliphatic carbocycles. The summed E-state index contributed by atoms with van der Waals surface area (Å²) < 4.78 is 15.9. The average Bonchev–Trinajstić information content (AvgIpc) is 3.11. The van der Waals surface area contributed by atoms with Crippen LogP contribution in [-0.4, -0.2) is 31.7 Å². The second kappa shape index (κ2) is 6.90. The second-order valence-electron chi connectivity index (χ2n) is 5.89. The highest BCUT2D eigenvalue weighted by Crippen LogP contribution is 2.39. The van der Waals surface area contributed by atoms with Gasteiger partial charge in [0, 0.05) is 16.7 Å². The highest BCUT2D eigenvalue weighted by Gasteiger charge is 2.37. The predicted molar refractivity (Wildman–Crippen MR) is 99.6 cm³/mol. The van der Waals surface area contributed by atoms with Crippen molar-refractivity contribution in [2.24, 2.45) is 0 Å². The number of nitrogens with one attached hydrogen (secondary N) is 1. The van der Waals surface area contributed by atoms with Crippen LogP contribution in [0.3, 0.4) is 0 Å². The molecule has 1 saturated heterocycles. The normalized spacial score (nSPS) is 17.1. The molecule has 0 aromatic heterocycles. The number of imide groups is 2. The highest BCUT2D eigenvalue weighted by atomic mass is 35.5. The summed E-state index contributed by atoms with van der Waals surface area (Å²) in [6.07, 6.45) is 1.34. The van der Waals surface area contributed by atoms with Gasteiger partial charge in [0.2, 0.25) is 6.79 Å². The molecule has 0 atom stereocenters. The van der Waals surface area contributed by atoms with Crippen molar-refractivity contribution in [3.63, 3.8) is 0 Å². The third kappa shape index (κ3) is 3.03. The zero-order chi connectivity index (χ0) is 19.8. The van der Waals surface area contributed by atoms with Crippen molar-refractivity contribution in [1.82, 2.24) is 5.32 Å². The Morgan fingerprint density at radius 2 is 1.89 bits per heavy atom. The van der Waals surface area contributed by atoms with Gasteiger partial charge in [0.05, 0.1) is 12.8 Å². The molecule has 2 aromatic rings. The van der Waals surface area contributed by atoms with Crippen molar-refractivity contribution in [1.29, 1.82) is 0 Å². The first-order valence-electron chi connectivity index (χ1n) is 8.12. The lowest BCUT2D eigenvalue weighted by Crippen LogP contribution is -2.54. The molecule has 1 N–H and O–H groups in total. The number of carbonyl (C=O) groups excluding carboxylic acids is 3. The fourth-order valence-electron chi connectivity index (χ4n) is 2.89. The average molecular weight is 401 g/mol. The first-order valence-corrected chi connectivity index (χ1v) is 8.50. The minimum Gasteiger partial charge on any atom is -0.496 e. The molecule has 2 aliphatic rings. The maximum absolute atomic E-state index is 12.9. The van der Waals surface area contributed by atoms with E-state index in [1.54, 1.807) is 24.3 Å². The van der Waals surface area contributed by atoms with Gasteiger partial charge in [0.1, 0.15) is 11.3 Å². The van der Waals surface area contributed by atoms with Gasteiger partial charge in [-0.2, -0.15) is 0 Å². The van der Waals surface area contributed by atoms with E-state index in [-0.39, 0.29) is 18.1 Å². The van der Waals surface area contributed by atoms with Gasteiger partial charge in [-0.15, -0.1) is 0 Å². The molecule has 0 unspecified atom stereocenters. The number of ether oxygens (including phenoxy) is 3. The summed E-state index contributed by atoms with van der Waals surface area (Å²) in [6, 6.07) is 8.53. The van der Waals surface area contributed by atoms with E-state index in [0.717, 1.165) is 4.90 Å². The van der Waals surface area contributed by atoms with E-state index in [1.165, 1.54) is 25.3 Å². The summed E-state index contributed by atoms with van der Waals surface area (Å²) in [7, 11) is 1.45. The van der Waals surface area contributed by atoms with Crippen LogP contribution in [0.1, 0.15) is 5.56 Å². The minimum absolute atomic E-state index is 0.0645. The number of nitrogens with zero attached hydrogens (tertiary/aromatic N) is 1. The maximum Gasteiger partial charge on any atom is 0.335 e. The number of barbiturate groups is 1. The van der Waals surface area contributed by atoms with Crippen molar-refractivity contribution >= 4 is 41.2 Å². The van der Waals surface area contributed by atoms with Gasteiger partial charge in [-0.25, -0.2) is 9.69 Å². The second-order valence-corrected chi connectivity index (χ2v) is 6.32. The quantitative estimate of drug-likeness (QED) is 0.629. The van der Waals surface area contributed by atoms with Gasteiger partial charge in [-0.1, -0.05) is 17.7 Å². The number of benzene rings is 2. The fourth-order valence-corrected chi connectivity index (χ4v) is 3.08. The van der Waals surface area contributed by atoms with Gasteiger partial charge in [0.25, 0.3) is 11.8 Å². The van der Waals surface area contributed by atoms with Crippen LogP contribution in [-0.2, 0) is 9.59 Å². The summed E-state index contributed by atoms with van der Waals surface area (Å²) in [5.41, 5.74) is 0.424. The van der Waals surface area contributed by atoms with E-state index in [0.29, 0.717) is 27.8 Å². The maximum atomic E-state index is 12.9. The standard InChI is InChI=1S/C19H13ClN2O6/c1-26-14-8-16-15(27-9-28-16)6-10(14)5-13-17(23)21-19(25)22(18(13)24)12-4-2-3-11(20)7-12/h2-8H,9H2,1H3,(H,21,23,25)/b13-5-. The van der Waals surface area contributed by atoms with E-state index >= 15 is 0 Å². The first-order chi connectivity index (χ1) is 13.5. The van der Waals surface area contributed by atoms with Crippen LogP contribution in [0.25, 0.3) is 6.08 Å². The predicted octanol–water partition coefficient (Wildman–Crippen LogP) is 2.74. The Morgan fingerprint density at radius 3 is 2.61 bits per heavy atom. The SMILES string of the molecule is COc1cc2c(cc1/C=C1/C(=O)NC(=O)N(c3cccc(Cl)c3)C1=O)OCO2. The number of halogens is 1. The number of rotatable bonds is 3. The Balaban J connectivity index is 1.78. The lowest BCUT2D eigenvalue weighted by Gasteiger charge is -2.26. The van der Waals surface area contributed by atoms with Crippen LogP contribution in [0.15, 0.2) is 42.0 Å². The number of carbonyl (C=O) groups is 3. The Kier molecular flexibility index (Phi) is 4.40. The zero-order valence-electron chi connectivity index (χ0n) is 14.5. The third-order valence-electron chi connectivity index (χ3n) is 4.19. The van der Waals surface area contributed by atoms with Gasteiger partial charge in [0.15, 0.2) is 11.5 Å². The number of fused-ring (bicyclic) bond motifs is 1. The lowest BCUT2D eigenvalue weighted by molar-refractivity contribution is -0.122. The van der Waals surface area contributed by atoms with Crippen LogP contribution in [0.4, 0.5) is 10.5 Å². The van der Waals surface area contributed by atoms with E-state index in [4.69, 9.17) is 25.8 Å². The minimum atomic E-state index is -0.855. The van der Waals surface area contributed by atoms with Gasteiger partial charge < -0.3 is 14.2 Å². The van der Waals surface area contributed by atoms with Crippen molar-refractivity contribution < 1.29 is 28.6 Å². The molecule has 2 aliphatic heterocycles. The monoisotopic (exact) mass is 400 g/mol.